The molecule has 0 aliphatic rings. The molecule has 1 heterocycles. The Morgan fingerprint density at radius 2 is 1.56 bits per heavy atom. The van der Waals surface area contributed by atoms with Gasteiger partial charge in [-0.05, 0) is 57.0 Å². The van der Waals surface area contributed by atoms with Crippen LogP contribution in [0.5, 0.6) is 0 Å². The van der Waals surface area contributed by atoms with Crippen molar-refractivity contribution in [1.82, 2.24) is 9.97 Å². The number of anilines is 4. The predicted octanol–water partition coefficient (Wildman–Crippen LogP) is 5.34. The molecular formula is C20H21FN4. The first-order valence-corrected chi connectivity index (χ1v) is 8.14. The number of hydrogen-bond donors (Lipinski definition) is 2. The van der Waals surface area contributed by atoms with E-state index in [-0.39, 0.29) is 5.82 Å². The normalized spacial score (nSPS) is 10.6. The van der Waals surface area contributed by atoms with E-state index in [9.17, 15) is 4.39 Å². The number of halogens is 1. The van der Waals surface area contributed by atoms with Crippen molar-refractivity contribution in [3.63, 3.8) is 0 Å². The molecule has 0 bridgehead atoms. The molecule has 0 aliphatic heterocycles. The highest BCUT2D eigenvalue weighted by molar-refractivity contribution is 5.66. The van der Waals surface area contributed by atoms with E-state index >= 15 is 0 Å². The monoisotopic (exact) mass is 336 g/mol. The van der Waals surface area contributed by atoms with Crippen molar-refractivity contribution < 1.29 is 4.39 Å². The number of aromatic nitrogens is 2. The highest BCUT2D eigenvalue weighted by Gasteiger charge is 2.08. The second kappa shape index (κ2) is 6.89. The summed E-state index contributed by atoms with van der Waals surface area (Å²) in [7, 11) is 0. The lowest BCUT2D eigenvalue weighted by molar-refractivity contribution is 0.628. The fraction of sp³-hybridized carbons (Fsp3) is 0.200. The van der Waals surface area contributed by atoms with E-state index in [4.69, 9.17) is 0 Å². The summed E-state index contributed by atoms with van der Waals surface area (Å²) in [5.41, 5.74) is 6.02. The number of nitrogens with one attached hydrogen (secondary N) is 2. The molecule has 0 amide bonds. The highest BCUT2D eigenvalue weighted by Crippen LogP contribution is 2.26. The van der Waals surface area contributed by atoms with Crippen LogP contribution in [0.3, 0.4) is 0 Å². The number of hydrogen-bond acceptors (Lipinski definition) is 4. The average Bonchev–Trinajstić information content (AvgIpc) is 2.50. The van der Waals surface area contributed by atoms with E-state index in [1.54, 1.807) is 12.1 Å². The molecule has 2 N–H and O–H groups in total. The van der Waals surface area contributed by atoms with Crippen LogP contribution >= 0.6 is 0 Å². The summed E-state index contributed by atoms with van der Waals surface area (Å²) in [6.07, 6.45) is 0. The van der Waals surface area contributed by atoms with E-state index < -0.39 is 0 Å². The van der Waals surface area contributed by atoms with E-state index in [1.807, 2.05) is 13.0 Å². The maximum Gasteiger partial charge on any atom is 0.229 e. The summed E-state index contributed by atoms with van der Waals surface area (Å²) in [5.74, 6) is 0.818. The Bertz CT molecular complexity index is 898. The second-order valence-electron chi connectivity index (χ2n) is 6.25. The summed E-state index contributed by atoms with van der Waals surface area (Å²) < 4.78 is 13.3. The van der Waals surface area contributed by atoms with Crippen LogP contribution in [0.2, 0.25) is 0 Å². The standard InChI is InChI=1S/C20H21FN4/c1-12-8-13(2)19(14(3)9-12)24-18-10-15(4)22-20(25-18)23-17-7-5-6-16(21)11-17/h5-11H,1-4H3,(H2,22,23,24,25). The van der Waals surface area contributed by atoms with Crippen LogP contribution in [0.4, 0.5) is 27.5 Å². The zero-order chi connectivity index (χ0) is 18.0. The lowest BCUT2D eigenvalue weighted by atomic mass is 10.1. The minimum atomic E-state index is -0.304. The SMILES string of the molecule is Cc1cc(C)c(Nc2cc(C)nc(Nc3cccc(F)c3)n2)c(C)c1. The Balaban J connectivity index is 1.90. The van der Waals surface area contributed by atoms with E-state index in [1.165, 1.54) is 17.7 Å². The third-order valence-corrected chi connectivity index (χ3v) is 3.87. The fourth-order valence-corrected chi connectivity index (χ4v) is 2.89. The van der Waals surface area contributed by atoms with Gasteiger partial charge in [-0.15, -0.1) is 0 Å². The Labute approximate surface area is 147 Å². The Hall–Kier alpha value is -2.95. The van der Waals surface area contributed by atoms with Gasteiger partial charge in [0.1, 0.15) is 11.6 Å². The summed E-state index contributed by atoms with van der Waals surface area (Å²) in [4.78, 5) is 8.88. The molecule has 2 aromatic carbocycles. The van der Waals surface area contributed by atoms with Crippen molar-refractivity contribution in [1.29, 1.82) is 0 Å². The van der Waals surface area contributed by atoms with Crippen LogP contribution < -0.4 is 10.6 Å². The molecule has 3 rings (SSSR count). The minimum absolute atomic E-state index is 0.304. The maximum atomic E-state index is 13.3. The van der Waals surface area contributed by atoms with Crippen LogP contribution in [0.25, 0.3) is 0 Å². The van der Waals surface area contributed by atoms with Crippen molar-refractivity contribution in [3.8, 4) is 0 Å². The molecular weight excluding hydrogens is 315 g/mol. The molecule has 25 heavy (non-hydrogen) atoms. The van der Waals surface area contributed by atoms with Crippen LogP contribution in [-0.4, -0.2) is 9.97 Å². The molecule has 0 fully saturated rings. The van der Waals surface area contributed by atoms with Crippen molar-refractivity contribution in [3.05, 3.63) is 70.7 Å². The Morgan fingerprint density at radius 1 is 0.840 bits per heavy atom. The molecule has 0 radical (unpaired) electrons. The van der Waals surface area contributed by atoms with Crippen LogP contribution in [-0.2, 0) is 0 Å². The summed E-state index contributed by atoms with van der Waals surface area (Å²) >= 11 is 0. The van der Waals surface area contributed by atoms with Crippen LogP contribution in [0.1, 0.15) is 22.4 Å². The molecule has 128 valence electrons. The first-order chi connectivity index (χ1) is 11.9. The van der Waals surface area contributed by atoms with Crippen molar-refractivity contribution in [2.75, 3.05) is 10.6 Å². The Morgan fingerprint density at radius 3 is 2.24 bits per heavy atom. The smallest absolute Gasteiger partial charge is 0.229 e. The molecule has 3 aromatic rings. The van der Waals surface area contributed by atoms with Crippen molar-refractivity contribution in [2.45, 2.75) is 27.7 Å². The maximum absolute atomic E-state index is 13.3. The zero-order valence-corrected chi connectivity index (χ0v) is 14.8. The van der Waals surface area contributed by atoms with E-state index in [0.29, 0.717) is 17.5 Å². The zero-order valence-electron chi connectivity index (χ0n) is 14.8. The minimum Gasteiger partial charge on any atom is -0.340 e. The summed E-state index contributed by atoms with van der Waals surface area (Å²) in [5, 5.41) is 6.43. The largest absolute Gasteiger partial charge is 0.340 e. The van der Waals surface area contributed by atoms with Gasteiger partial charge in [0.05, 0.1) is 0 Å². The molecule has 0 unspecified atom stereocenters. The van der Waals surface area contributed by atoms with Gasteiger partial charge in [0.15, 0.2) is 0 Å². The number of rotatable bonds is 4. The third kappa shape index (κ3) is 4.12. The van der Waals surface area contributed by atoms with Gasteiger partial charge in [0.2, 0.25) is 5.95 Å². The highest BCUT2D eigenvalue weighted by atomic mass is 19.1. The quantitative estimate of drug-likeness (QED) is 0.675. The van der Waals surface area contributed by atoms with Gasteiger partial charge in [-0.1, -0.05) is 23.8 Å². The fourth-order valence-electron chi connectivity index (χ4n) is 2.89. The van der Waals surface area contributed by atoms with Gasteiger partial charge >= 0.3 is 0 Å². The summed E-state index contributed by atoms with van der Waals surface area (Å²) in [6.45, 7) is 8.13. The van der Waals surface area contributed by atoms with Gasteiger partial charge < -0.3 is 10.6 Å². The molecule has 5 heteroatoms. The van der Waals surface area contributed by atoms with Crippen molar-refractivity contribution >= 4 is 23.1 Å². The molecule has 0 saturated heterocycles. The number of benzene rings is 2. The Kier molecular flexibility index (Phi) is 4.65. The topological polar surface area (TPSA) is 49.8 Å². The first-order valence-electron chi connectivity index (χ1n) is 8.14. The number of nitrogens with zero attached hydrogens (tertiary/aromatic N) is 2. The average molecular weight is 336 g/mol. The van der Waals surface area contributed by atoms with Gasteiger partial charge in [0.25, 0.3) is 0 Å². The molecule has 0 atom stereocenters. The first kappa shape index (κ1) is 16.9. The van der Waals surface area contributed by atoms with E-state index in [2.05, 4.69) is 53.5 Å². The number of aryl methyl sites for hydroxylation is 4. The second-order valence-corrected chi connectivity index (χ2v) is 6.25. The van der Waals surface area contributed by atoms with Crippen molar-refractivity contribution in [2.24, 2.45) is 0 Å². The molecule has 4 nitrogen and oxygen atoms in total. The van der Waals surface area contributed by atoms with E-state index in [0.717, 1.165) is 22.5 Å². The van der Waals surface area contributed by atoms with Gasteiger partial charge in [0, 0.05) is 23.1 Å². The van der Waals surface area contributed by atoms with Gasteiger partial charge in [-0.2, -0.15) is 4.98 Å². The van der Waals surface area contributed by atoms with Crippen LogP contribution in [0, 0.1) is 33.5 Å². The molecule has 1 aromatic heterocycles. The predicted molar refractivity (Wildman–Crippen MR) is 100 cm³/mol. The lowest BCUT2D eigenvalue weighted by Crippen LogP contribution is -2.04. The lowest BCUT2D eigenvalue weighted by Gasteiger charge is -2.14. The van der Waals surface area contributed by atoms with Crippen LogP contribution in [0.15, 0.2) is 42.5 Å². The summed E-state index contributed by atoms with van der Waals surface area (Å²) in [6, 6.07) is 12.4. The van der Waals surface area contributed by atoms with Gasteiger partial charge in [-0.3, -0.25) is 0 Å². The molecule has 0 spiro atoms. The molecule has 0 saturated carbocycles. The third-order valence-electron chi connectivity index (χ3n) is 3.87. The van der Waals surface area contributed by atoms with Gasteiger partial charge in [-0.25, -0.2) is 9.37 Å². The molecule has 0 aliphatic carbocycles.